The van der Waals surface area contributed by atoms with Gasteiger partial charge < -0.3 is 0 Å². The van der Waals surface area contributed by atoms with Gasteiger partial charge in [-0.25, -0.2) is 9.97 Å². The number of hydrogen-bond donors (Lipinski definition) is 0. The Morgan fingerprint density at radius 1 is 1.36 bits per heavy atom. The quantitative estimate of drug-likeness (QED) is 0.792. The number of hydrogen-bond acceptors (Lipinski definition) is 2. The topological polar surface area (TPSA) is 25.8 Å². The summed E-state index contributed by atoms with van der Waals surface area (Å²) >= 11 is 9.40. The molecule has 0 aliphatic heterocycles. The van der Waals surface area contributed by atoms with Gasteiger partial charge in [0.2, 0.25) is 0 Å². The van der Waals surface area contributed by atoms with Gasteiger partial charge in [-0.15, -0.1) is 0 Å². The van der Waals surface area contributed by atoms with E-state index < -0.39 is 0 Å². The second-order valence-electron chi connectivity index (χ2n) is 2.92. The Morgan fingerprint density at radius 3 is 2.86 bits per heavy atom. The van der Waals surface area contributed by atoms with Crippen LogP contribution in [0.1, 0.15) is 12.6 Å². The molecule has 0 spiro atoms. The number of fused-ring (bicyclic) bond motifs is 1. The first-order chi connectivity index (χ1) is 6.72. The van der Waals surface area contributed by atoms with Crippen LogP contribution in [0, 0.1) is 0 Å². The summed E-state index contributed by atoms with van der Waals surface area (Å²) in [6.45, 7) is 2.01. The van der Waals surface area contributed by atoms with Crippen molar-refractivity contribution in [3.8, 4) is 0 Å². The molecule has 0 amide bonds. The molecule has 0 atom stereocenters. The first-order valence-corrected chi connectivity index (χ1v) is 5.50. The third-order valence-electron chi connectivity index (χ3n) is 2.00. The maximum atomic E-state index is 5.98. The molecule has 0 saturated heterocycles. The van der Waals surface area contributed by atoms with Gasteiger partial charge in [0.25, 0.3) is 0 Å². The molecule has 2 rings (SSSR count). The van der Waals surface area contributed by atoms with Crippen LogP contribution in [0.2, 0.25) is 5.15 Å². The largest absolute Gasteiger partial charge is 0.248 e. The Hall–Kier alpha value is -0.670. The van der Waals surface area contributed by atoms with Crippen molar-refractivity contribution in [3.63, 3.8) is 0 Å². The molecule has 2 aromatic rings. The van der Waals surface area contributed by atoms with Gasteiger partial charge in [-0.2, -0.15) is 0 Å². The van der Waals surface area contributed by atoms with E-state index in [0.717, 1.165) is 27.6 Å². The summed E-state index contributed by atoms with van der Waals surface area (Å²) in [6, 6.07) is 5.80. The zero-order chi connectivity index (χ0) is 10.1. The number of benzene rings is 1. The van der Waals surface area contributed by atoms with Gasteiger partial charge in [-0.1, -0.05) is 24.6 Å². The molecule has 0 bridgehead atoms. The smallest absolute Gasteiger partial charge is 0.151 e. The van der Waals surface area contributed by atoms with Crippen LogP contribution in [0.25, 0.3) is 11.0 Å². The Bertz CT molecular complexity index is 485. The number of rotatable bonds is 1. The first kappa shape index (κ1) is 9.87. The van der Waals surface area contributed by atoms with Gasteiger partial charge in [0.1, 0.15) is 5.52 Å². The van der Waals surface area contributed by atoms with Crippen molar-refractivity contribution in [3.05, 3.63) is 33.5 Å². The van der Waals surface area contributed by atoms with Crippen LogP contribution in [0.4, 0.5) is 0 Å². The summed E-state index contributed by atoms with van der Waals surface area (Å²) in [7, 11) is 0. The fourth-order valence-electron chi connectivity index (χ4n) is 1.28. The van der Waals surface area contributed by atoms with E-state index in [9.17, 15) is 0 Å². The Balaban J connectivity index is 2.79. The normalized spacial score (nSPS) is 10.8. The van der Waals surface area contributed by atoms with Crippen LogP contribution in [0.15, 0.2) is 22.7 Å². The van der Waals surface area contributed by atoms with E-state index in [1.54, 1.807) is 0 Å². The van der Waals surface area contributed by atoms with E-state index >= 15 is 0 Å². The monoisotopic (exact) mass is 270 g/mol. The SMILES string of the molecule is CCc1nc2cccc(Br)c2nc1Cl. The molecule has 2 nitrogen and oxygen atoms in total. The molecular formula is C10H8BrClN2. The van der Waals surface area contributed by atoms with Crippen molar-refractivity contribution in [2.24, 2.45) is 0 Å². The minimum atomic E-state index is 0.493. The lowest BCUT2D eigenvalue weighted by atomic mass is 10.3. The average molecular weight is 272 g/mol. The van der Waals surface area contributed by atoms with E-state index in [2.05, 4.69) is 25.9 Å². The maximum absolute atomic E-state index is 5.98. The lowest BCUT2D eigenvalue weighted by Crippen LogP contribution is -1.93. The van der Waals surface area contributed by atoms with Crippen LogP contribution in [0.5, 0.6) is 0 Å². The third-order valence-corrected chi connectivity index (χ3v) is 2.95. The summed E-state index contributed by atoms with van der Waals surface area (Å²) in [5.41, 5.74) is 2.53. The predicted molar refractivity (Wildman–Crippen MR) is 61.6 cm³/mol. The zero-order valence-corrected chi connectivity index (χ0v) is 9.93. The summed E-state index contributed by atoms with van der Waals surface area (Å²) < 4.78 is 0.923. The van der Waals surface area contributed by atoms with Gasteiger partial charge in [-0.3, -0.25) is 0 Å². The molecule has 0 aliphatic carbocycles. The molecule has 1 aromatic heterocycles. The molecule has 1 heterocycles. The second kappa shape index (κ2) is 3.83. The lowest BCUT2D eigenvalue weighted by Gasteiger charge is -2.03. The molecule has 72 valence electrons. The first-order valence-electron chi connectivity index (χ1n) is 4.33. The number of aryl methyl sites for hydroxylation is 1. The minimum Gasteiger partial charge on any atom is -0.248 e. The van der Waals surface area contributed by atoms with Gasteiger partial charge in [-0.05, 0) is 34.5 Å². The van der Waals surface area contributed by atoms with Crippen LogP contribution in [-0.2, 0) is 6.42 Å². The molecule has 4 heteroatoms. The predicted octanol–water partition coefficient (Wildman–Crippen LogP) is 3.61. The fourth-order valence-corrected chi connectivity index (χ4v) is 1.99. The molecule has 1 aromatic carbocycles. The summed E-state index contributed by atoms with van der Waals surface area (Å²) in [4.78, 5) is 8.73. The lowest BCUT2D eigenvalue weighted by molar-refractivity contribution is 1.03. The molecule has 14 heavy (non-hydrogen) atoms. The summed E-state index contributed by atoms with van der Waals surface area (Å²) in [5.74, 6) is 0. The van der Waals surface area contributed by atoms with Crippen LogP contribution in [-0.4, -0.2) is 9.97 Å². The van der Waals surface area contributed by atoms with E-state index in [1.807, 2.05) is 25.1 Å². The van der Waals surface area contributed by atoms with Crippen LogP contribution in [0.3, 0.4) is 0 Å². The highest BCUT2D eigenvalue weighted by molar-refractivity contribution is 9.10. The molecule has 0 radical (unpaired) electrons. The highest BCUT2D eigenvalue weighted by Gasteiger charge is 2.06. The van der Waals surface area contributed by atoms with Gasteiger partial charge >= 0.3 is 0 Å². The van der Waals surface area contributed by atoms with Crippen molar-refractivity contribution in [2.75, 3.05) is 0 Å². The number of nitrogens with zero attached hydrogens (tertiary/aromatic N) is 2. The van der Waals surface area contributed by atoms with E-state index in [4.69, 9.17) is 11.6 Å². The van der Waals surface area contributed by atoms with Crippen molar-refractivity contribution in [1.29, 1.82) is 0 Å². The van der Waals surface area contributed by atoms with Crippen molar-refractivity contribution < 1.29 is 0 Å². The highest BCUT2D eigenvalue weighted by atomic mass is 79.9. The van der Waals surface area contributed by atoms with E-state index in [1.165, 1.54) is 0 Å². The Morgan fingerprint density at radius 2 is 2.14 bits per heavy atom. The van der Waals surface area contributed by atoms with Gasteiger partial charge in [0, 0.05) is 4.47 Å². The molecule has 0 saturated carbocycles. The van der Waals surface area contributed by atoms with Crippen molar-refractivity contribution in [1.82, 2.24) is 9.97 Å². The molecule has 0 N–H and O–H groups in total. The number of halogens is 2. The van der Waals surface area contributed by atoms with Crippen molar-refractivity contribution >= 4 is 38.6 Å². The van der Waals surface area contributed by atoms with Crippen LogP contribution >= 0.6 is 27.5 Å². The molecule has 0 fully saturated rings. The molecular weight excluding hydrogens is 263 g/mol. The number of aromatic nitrogens is 2. The summed E-state index contributed by atoms with van der Waals surface area (Å²) in [5, 5.41) is 0.493. The standard InChI is InChI=1S/C10H8BrClN2/c1-2-7-10(12)14-9-6(11)4-3-5-8(9)13-7/h3-5H,2H2,1H3. The molecule has 0 unspecified atom stereocenters. The fraction of sp³-hybridized carbons (Fsp3) is 0.200. The highest BCUT2D eigenvalue weighted by Crippen LogP contribution is 2.23. The number of para-hydroxylation sites is 1. The van der Waals surface area contributed by atoms with Gasteiger partial charge in [0.05, 0.1) is 11.2 Å². The Kier molecular flexibility index (Phi) is 2.70. The zero-order valence-electron chi connectivity index (χ0n) is 7.59. The van der Waals surface area contributed by atoms with E-state index in [0.29, 0.717) is 5.15 Å². The average Bonchev–Trinajstić information content (AvgIpc) is 2.19. The van der Waals surface area contributed by atoms with Crippen LogP contribution < -0.4 is 0 Å². The summed E-state index contributed by atoms with van der Waals surface area (Å²) in [6.07, 6.45) is 0.800. The Labute approximate surface area is 95.5 Å². The maximum Gasteiger partial charge on any atom is 0.151 e. The minimum absolute atomic E-state index is 0.493. The van der Waals surface area contributed by atoms with Crippen molar-refractivity contribution in [2.45, 2.75) is 13.3 Å². The van der Waals surface area contributed by atoms with E-state index in [-0.39, 0.29) is 0 Å². The third kappa shape index (κ3) is 1.62. The van der Waals surface area contributed by atoms with Gasteiger partial charge in [0.15, 0.2) is 5.15 Å². The molecule has 0 aliphatic rings. The second-order valence-corrected chi connectivity index (χ2v) is 4.13.